The molecule has 34 heavy (non-hydrogen) atoms. The summed E-state index contributed by atoms with van der Waals surface area (Å²) in [5, 5.41) is 13.9. The van der Waals surface area contributed by atoms with Gasteiger partial charge in [0.1, 0.15) is 18.1 Å². The summed E-state index contributed by atoms with van der Waals surface area (Å²) in [6.07, 6.45) is 8.47. The fourth-order valence-electron chi connectivity index (χ4n) is 4.71. The van der Waals surface area contributed by atoms with Crippen LogP contribution in [0.5, 0.6) is 0 Å². The normalized spacial score (nSPS) is 20.8. The van der Waals surface area contributed by atoms with Gasteiger partial charge in [-0.1, -0.05) is 39.5 Å². The number of nitrogens with zero attached hydrogens (tertiary/aromatic N) is 2. The van der Waals surface area contributed by atoms with Crippen molar-refractivity contribution in [3.05, 3.63) is 0 Å². The molecule has 2 saturated heterocycles. The molecule has 2 heterocycles. The maximum absolute atomic E-state index is 13.3. The number of carboxylic acid groups (broad SMARTS) is 1. The van der Waals surface area contributed by atoms with E-state index < -0.39 is 35.9 Å². The molecule has 3 N–H and O–H groups in total. The van der Waals surface area contributed by atoms with Crippen molar-refractivity contribution >= 4 is 29.6 Å². The van der Waals surface area contributed by atoms with Crippen molar-refractivity contribution in [3.8, 4) is 0 Å². The predicted molar refractivity (Wildman–Crippen MR) is 126 cm³/mol. The number of aliphatic carboxylic acids is 1. The Kier molecular flexibility index (Phi) is 11.3. The van der Waals surface area contributed by atoms with E-state index in [-0.39, 0.29) is 24.8 Å². The van der Waals surface area contributed by atoms with E-state index in [4.69, 9.17) is 5.11 Å². The number of nitrogens with one attached hydrogen (secondary N) is 2. The number of hydrogen-bond donors (Lipinski definition) is 3. The summed E-state index contributed by atoms with van der Waals surface area (Å²) in [6.45, 7) is 4.44. The summed E-state index contributed by atoms with van der Waals surface area (Å²) in [6, 6.07) is -2.22. The summed E-state index contributed by atoms with van der Waals surface area (Å²) in [5.41, 5.74) is 0. The molecule has 3 atom stereocenters. The van der Waals surface area contributed by atoms with Gasteiger partial charge in [0.2, 0.25) is 23.6 Å². The molecule has 0 aliphatic carbocycles. The van der Waals surface area contributed by atoms with E-state index in [1.165, 1.54) is 4.90 Å². The average molecular weight is 481 g/mol. The monoisotopic (exact) mass is 480 g/mol. The Morgan fingerprint density at radius 2 is 1.56 bits per heavy atom. The van der Waals surface area contributed by atoms with Gasteiger partial charge in [0.05, 0.1) is 6.54 Å². The van der Waals surface area contributed by atoms with E-state index in [0.717, 1.165) is 38.5 Å². The highest BCUT2D eigenvalue weighted by molar-refractivity contribution is 5.94. The highest BCUT2D eigenvalue weighted by Gasteiger charge is 2.41. The number of carboxylic acids is 1. The minimum atomic E-state index is -1.13. The van der Waals surface area contributed by atoms with Gasteiger partial charge in [-0.2, -0.15) is 0 Å². The summed E-state index contributed by atoms with van der Waals surface area (Å²) < 4.78 is 0. The molecule has 2 aliphatic heterocycles. The van der Waals surface area contributed by atoms with Gasteiger partial charge in [-0.3, -0.25) is 19.2 Å². The Morgan fingerprint density at radius 3 is 2.21 bits per heavy atom. The molecule has 0 radical (unpaired) electrons. The zero-order valence-electron chi connectivity index (χ0n) is 20.5. The number of rotatable bonds is 13. The van der Waals surface area contributed by atoms with Crippen LogP contribution in [0.4, 0.5) is 0 Å². The van der Waals surface area contributed by atoms with Gasteiger partial charge in [0.25, 0.3) is 0 Å². The van der Waals surface area contributed by atoms with Crippen LogP contribution in [-0.2, 0) is 24.0 Å². The Morgan fingerprint density at radius 1 is 0.912 bits per heavy atom. The van der Waals surface area contributed by atoms with E-state index in [9.17, 15) is 24.0 Å². The van der Waals surface area contributed by atoms with E-state index in [2.05, 4.69) is 17.6 Å². The van der Waals surface area contributed by atoms with Crippen molar-refractivity contribution < 1.29 is 29.1 Å². The van der Waals surface area contributed by atoms with Crippen LogP contribution in [0, 0.1) is 0 Å². The smallest absolute Gasteiger partial charge is 0.326 e. The van der Waals surface area contributed by atoms with Crippen LogP contribution >= 0.6 is 0 Å². The van der Waals surface area contributed by atoms with E-state index in [1.54, 1.807) is 11.8 Å². The molecular formula is C24H40N4O6. The number of hydrogen-bond acceptors (Lipinski definition) is 5. The lowest BCUT2D eigenvalue weighted by Gasteiger charge is -2.31. The molecule has 0 aromatic heterocycles. The largest absolute Gasteiger partial charge is 0.480 e. The first-order valence-electron chi connectivity index (χ1n) is 12.7. The lowest BCUT2D eigenvalue weighted by Crippen LogP contribution is -2.54. The molecule has 0 spiro atoms. The quantitative estimate of drug-likeness (QED) is 0.341. The van der Waals surface area contributed by atoms with Gasteiger partial charge in [0, 0.05) is 19.5 Å². The maximum Gasteiger partial charge on any atom is 0.326 e. The highest BCUT2D eigenvalue weighted by atomic mass is 16.4. The van der Waals surface area contributed by atoms with Gasteiger partial charge in [-0.05, 0) is 38.5 Å². The van der Waals surface area contributed by atoms with Crippen LogP contribution in [0.25, 0.3) is 0 Å². The Balaban J connectivity index is 1.88. The zero-order valence-corrected chi connectivity index (χ0v) is 20.5. The first kappa shape index (κ1) is 27.6. The summed E-state index contributed by atoms with van der Waals surface area (Å²) >= 11 is 0. The summed E-state index contributed by atoms with van der Waals surface area (Å²) in [4.78, 5) is 65.1. The highest BCUT2D eigenvalue weighted by Crippen LogP contribution is 2.26. The van der Waals surface area contributed by atoms with Crippen LogP contribution in [0.3, 0.4) is 0 Å². The Labute approximate surface area is 201 Å². The second-order valence-corrected chi connectivity index (χ2v) is 9.18. The molecule has 0 aromatic rings. The molecule has 2 rings (SSSR count). The second-order valence-electron chi connectivity index (χ2n) is 9.18. The standard InChI is InChI=1S/C24H40N4O6/c1-3-5-6-7-8-13-21(30)27-14-10-12-19(27)23(32)28-15-9-11-18(28)22(31)25-16-20(29)26-17(4-2)24(33)34/h17-19H,3-16H2,1-2H3,(H,25,31)(H,26,29)(H,33,34)/t17-,18-,19-/m0/s1. The van der Waals surface area contributed by atoms with Gasteiger partial charge in [-0.25, -0.2) is 4.79 Å². The average Bonchev–Trinajstić information content (AvgIpc) is 3.50. The number of amides is 4. The summed E-state index contributed by atoms with van der Waals surface area (Å²) in [5.74, 6) is -2.35. The molecular weight excluding hydrogens is 440 g/mol. The third-order valence-corrected chi connectivity index (χ3v) is 6.66. The van der Waals surface area contributed by atoms with Gasteiger partial charge < -0.3 is 25.5 Å². The first-order valence-corrected chi connectivity index (χ1v) is 12.7. The first-order chi connectivity index (χ1) is 16.3. The molecule has 0 aromatic carbocycles. The van der Waals surface area contributed by atoms with Crippen molar-refractivity contribution in [1.29, 1.82) is 0 Å². The Hall–Kier alpha value is -2.65. The van der Waals surface area contributed by atoms with Crippen LogP contribution in [-0.4, -0.2) is 82.3 Å². The Bertz CT molecular complexity index is 743. The van der Waals surface area contributed by atoms with Gasteiger partial charge in [0.15, 0.2) is 0 Å². The van der Waals surface area contributed by atoms with Crippen molar-refractivity contribution in [1.82, 2.24) is 20.4 Å². The van der Waals surface area contributed by atoms with Crippen molar-refractivity contribution in [2.45, 2.75) is 103 Å². The lowest BCUT2D eigenvalue weighted by atomic mass is 10.1. The topological polar surface area (TPSA) is 136 Å². The predicted octanol–water partition coefficient (Wildman–Crippen LogP) is 1.42. The lowest BCUT2D eigenvalue weighted by molar-refractivity contribution is -0.146. The number of unbranched alkanes of at least 4 members (excludes halogenated alkanes) is 4. The maximum atomic E-state index is 13.3. The molecule has 4 amide bonds. The molecule has 10 nitrogen and oxygen atoms in total. The van der Waals surface area contributed by atoms with Gasteiger partial charge >= 0.3 is 5.97 Å². The number of likely N-dealkylation sites (tertiary alicyclic amines) is 2. The van der Waals surface area contributed by atoms with Crippen LogP contribution in [0.1, 0.15) is 84.5 Å². The zero-order chi connectivity index (χ0) is 25.1. The fourth-order valence-corrected chi connectivity index (χ4v) is 4.71. The molecule has 0 saturated carbocycles. The second kappa shape index (κ2) is 13.9. The van der Waals surface area contributed by atoms with E-state index >= 15 is 0 Å². The third kappa shape index (κ3) is 7.70. The molecule has 2 fully saturated rings. The number of carbonyl (C=O) groups is 5. The number of carbonyl (C=O) groups excluding carboxylic acids is 4. The molecule has 10 heteroatoms. The van der Waals surface area contributed by atoms with Crippen molar-refractivity contribution in [2.75, 3.05) is 19.6 Å². The molecule has 192 valence electrons. The van der Waals surface area contributed by atoms with Crippen LogP contribution in [0.15, 0.2) is 0 Å². The van der Waals surface area contributed by atoms with E-state index in [1.807, 2.05) is 0 Å². The van der Waals surface area contributed by atoms with Crippen LogP contribution < -0.4 is 10.6 Å². The minimum absolute atomic E-state index is 0.00752. The van der Waals surface area contributed by atoms with Crippen molar-refractivity contribution in [3.63, 3.8) is 0 Å². The third-order valence-electron chi connectivity index (χ3n) is 6.66. The minimum Gasteiger partial charge on any atom is -0.480 e. The molecule has 0 unspecified atom stereocenters. The fraction of sp³-hybridized carbons (Fsp3) is 0.792. The molecule has 0 bridgehead atoms. The van der Waals surface area contributed by atoms with Gasteiger partial charge in [-0.15, -0.1) is 0 Å². The SMILES string of the molecule is CCCCCCCC(=O)N1CCC[C@H]1C(=O)N1CCC[C@H]1C(=O)NCC(=O)N[C@@H](CC)C(=O)O. The van der Waals surface area contributed by atoms with E-state index in [0.29, 0.717) is 38.8 Å². The van der Waals surface area contributed by atoms with Crippen molar-refractivity contribution in [2.24, 2.45) is 0 Å². The van der Waals surface area contributed by atoms with Crippen LogP contribution in [0.2, 0.25) is 0 Å². The molecule has 2 aliphatic rings. The summed E-state index contributed by atoms with van der Waals surface area (Å²) in [7, 11) is 0.